The lowest BCUT2D eigenvalue weighted by atomic mass is 10.2. The van der Waals surface area contributed by atoms with Crippen LogP contribution in [0.15, 0.2) is 48.5 Å². The molecule has 0 saturated heterocycles. The van der Waals surface area contributed by atoms with Crippen LogP contribution >= 0.6 is 11.6 Å². The van der Waals surface area contributed by atoms with Crippen molar-refractivity contribution in [1.82, 2.24) is 9.97 Å². The van der Waals surface area contributed by atoms with E-state index in [-0.39, 0.29) is 5.28 Å². The predicted molar refractivity (Wildman–Crippen MR) is 93.4 cm³/mol. The van der Waals surface area contributed by atoms with Crippen LogP contribution in [-0.4, -0.2) is 31.1 Å². The molecule has 0 aliphatic rings. The predicted octanol–water partition coefficient (Wildman–Crippen LogP) is 4.12. The highest BCUT2D eigenvalue weighted by molar-refractivity contribution is 6.28. The molecule has 112 valence electrons. The third-order valence-corrected chi connectivity index (χ3v) is 3.80. The molecule has 0 N–H and O–H groups in total. The standard InChI is InChI=1S/C17H17ClN4/c1-21(2)12-8-10-13(11-9-12)22(3)16-14-6-4-5-7-15(14)19-17(18)20-16/h4-11H,1-3H3. The second kappa shape index (κ2) is 5.81. The van der Waals surface area contributed by atoms with Crippen molar-refractivity contribution in [3.8, 4) is 0 Å². The normalized spacial score (nSPS) is 10.7. The maximum Gasteiger partial charge on any atom is 0.224 e. The van der Waals surface area contributed by atoms with Crippen molar-refractivity contribution < 1.29 is 0 Å². The summed E-state index contributed by atoms with van der Waals surface area (Å²) in [5.41, 5.74) is 3.04. The molecule has 0 unspecified atom stereocenters. The summed E-state index contributed by atoms with van der Waals surface area (Å²) >= 11 is 6.07. The fourth-order valence-electron chi connectivity index (χ4n) is 2.38. The first-order chi connectivity index (χ1) is 10.6. The molecule has 0 aliphatic carbocycles. The number of rotatable bonds is 3. The van der Waals surface area contributed by atoms with Gasteiger partial charge >= 0.3 is 0 Å². The van der Waals surface area contributed by atoms with E-state index >= 15 is 0 Å². The first kappa shape index (κ1) is 14.6. The van der Waals surface area contributed by atoms with Gasteiger partial charge in [-0.15, -0.1) is 0 Å². The summed E-state index contributed by atoms with van der Waals surface area (Å²) in [7, 11) is 6.03. The van der Waals surface area contributed by atoms with Crippen LogP contribution in [0.5, 0.6) is 0 Å². The zero-order valence-corrected chi connectivity index (χ0v) is 13.5. The minimum atomic E-state index is 0.255. The molecule has 0 aliphatic heterocycles. The molecule has 1 aromatic heterocycles. The molecule has 0 spiro atoms. The van der Waals surface area contributed by atoms with Crippen molar-refractivity contribution in [3.05, 3.63) is 53.8 Å². The summed E-state index contributed by atoms with van der Waals surface area (Å²) in [6, 6.07) is 16.2. The van der Waals surface area contributed by atoms with Crippen molar-refractivity contribution in [3.63, 3.8) is 0 Å². The zero-order valence-electron chi connectivity index (χ0n) is 12.8. The number of aromatic nitrogens is 2. The number of nitrogens with zero attached hydrogens (tertiary/aromatic N) is 4. The molecule has 2 aromatic carbocycles. The lowest BCUT2D eigenvalue weighted by molar-refractivity contribution is 1.10. The van der Waals surface area contributed by atoms with E-state index in [1.54, 1.807) is 0 Å². The SMILES string of the molecule is CN(C)c1ccc(N(C)c2nc(Cl)nc3ccccc23)cc1. The molecule has 0 radical (unpaired) electrons. The summed E-state index contributed by atoms with van der Waals surface area (Å²) in [4.78, 5) is 12.8. The molecule has 5 heteroatoms. The minimum absolute atomic E-state index is 0.255. The van der Waals surface area contributed by atoms with Crippen LogP contribution in [0, 0.1) is 0 Å². The molecule has 0 bridgehead atoms. The van der Waals surface area contributed by atoms with E-state index < -0.39 is 0 Å². The summed E-state index contributed by atoms with van der Waals surface area (Å²) < 4.78 is 0. The van der Waals surface area contributed by atoms with E-state index in [9.17, 15) is 0 Å². The molecule has 0 atom stereocenters. The molecule has 0 amide bonds. The molecule has 22 heavy (non-hydrogen) atoms. The lowest BCUT2D eigenvalue weighted by Gasteiger charge is -2.21. The van der Waals surface area contributed by atoms with Crippen molar-refractivity contribution in [1.29, 1.82) is 0 Å². The quantitative estimate of drug-likeness (QED) is 0.681. The highest BCUT2D eigenvalue weighted by Gasteiger charge is 2.12. The Labute approximate surface area is 135 Å². The van der Waals surface area contributed by atoms with E-state index in [1.807, 2.05) is 50.3 Å². The van der Waals surface area contributed by atoms with Crippen molar-refractivity contribution in [2.45, 2.75) is 0 Å². The Morgan fingerprint density at radius 1 is 0.818 bits per heavy atom. The van der Waals surface area contributed by atoms with E-state index in [0.29, 0.717) is 0 Å². The van der Waals surface area contributed by atoms with Gasteiger partial charge in [-0.1, -0.05) is 12.1 Å². The Hall–Kier alpha value is -2.33. The maximum absolute atomic E-state index is 6.07. The molecule has 0 saturated carbocycles. The van der Waals surface area contributed by atoms with Crippen molar-refractivity contribution in [2.24, 2.45) is 0 Å². The molecule has 3 aromatic rings. The van der Waals surface area contributed by atoms with Crippen LogP contribution < -0.4 is 9.80 Å². The first-order valence-corrected chi connectivity index (χ1v) is 7.37. The van der Waals surface area contributed by atoms with E-state index in [1.165, 1.54) is 0 Å². The van der Waals surface area contributed by atoms with Gasteiger partial charge in [0, 0.05) is 37.9 Å². The van der Waals surface area contributed by atoms with Crippen molar-refractivity contribution >= 4 is 39.7 Å². The molecule has 3 rings (SSSR count). The van der Waals surface area contributed by atoms with Crippen LogP contribution in [0.3, 0.4) is 0 Å². The van der Waals surface area contributed by atoms with Crippen LogP contribution in [0.2, 0.25) is 5.28 Å². The average molecular weight is 313 g/mol. The fourth-order valence-corrected chi connectivity index (χ4v) is 2.56. The highest BCUT2D eigenvalue weighted by atomic mass is 35.5. The Morgan fingerprint density at radius 2 is 1.45 bits per heavy atom. The van der Waals surface area contributed by atoms with Crippen LogP contribution in [0.25, 0.3) is 10.9 Å². The number of anilines is 3. The first-order valence-electron chi connectivity index (χ1n) is 6.99. The maximum atomic E-state index is 6.07. The highest BCUT2D eigenvalue weighted by Crippen LogP contribution is 2.30. The smallest absolute Gasteiger partial charge is 0.224 e. The van der Waals surface area contributed by atoms with E-state index in [4.69, 9.17) is 11.6 Å². The average Bonchev–Trinajstić information content (AvgIpc) is 2.53. The monoisotopic (exact) mass is 312 g/mol. The molecule has 1 heterocycles. The zero-order chi connectivity index (χ0) is 15.7. The number of halogens is 1. The second-order valence-electron chi connectivity index (χ2n) is 5.30. The summed E-state index contributed by atoms with van der Waals surface area (Å²) in [6.07, 6.45) is 0. The van der Waals surface area contributed by atoms with Gasteiger partial charge in [-0.3, -0.25) is 0 Å². The minimum Gasteiger partial charge on any atom is -0.378 e. The Balaban J connectivity index is 2.06. The third-order valence-electron chi connectivity index (χ3n) is 3.63. The van der Waals surface area contributed by atoms with Gasteiger partial charge in [-0.05, 0) is 48.0 Å². The lowest BCUT2D eigenvalue weighted by Crippen LogP contribution is -2.13. The topological polar surface area (TPSA) is 32.3 Å². The van der Waals surface area contributed by atoms with Gasteiger partial charge in [0.1, 0.15) is 5.82 Å². The molecule has 4 nitrogen and oxygen atoms in total. The van der Waals surface area contributed by atoms with Gasteiger partial charge in [0.2, 0.25) is 5.28 Å². The Morgan fingerprint density at radius 3 is 2.14 bits per heavy atom. The fraction of sp³-hybridized carbons (Fsp3) is 0.176. The van der Waals surface area contributed by atoms with Gasteiger partial charge in [-0.25, -0.2) is 4.98 Å². The summed E-state index contributed by atoms with van der Waals surface area (Å²) in [5.74, 6) is 0.799. The van der Waals surface area contributed by atoms with Crippen molar-refractivity contribution in [2.75, 3.05) is 30.9 Å². The van der Waals surface area contributed by atoms with Gasteiger partial charge in [0.25, 0.3) is 0 Å². The van der Waals surface area contributed by atoms with E-state index in [0.717, 1.165) is 28.1 Å². The summed E-state index contributed by atoms with van der Waals surface area (Å²) in [5, 5.41) is 1.23. The number of para-hydroxylation sites is 1. The second-order valence-corrected chi connectivity index (χ2v) is 5.64. The van der Waals surface area contributed by atoms with Gasteiger partial charge < -0.3 is 9.80 Å². The van der Waals surface area contributed by atoms with Crippen LogP contribution in [-0.2, 0) is 0 Å². The Bertz CT molecular complexity index is 799. The summed E-state index contributed by atoms with van der Waals surface area (Å²) in [6.45, 7) is 0. The van der Waals surface area contributed by atoms with Crippen LogP contribution in [0.1, 0.15) is 0 Å². The van der Waals surface area contributed by atoms with E-state index in [2.05, 4.69) is 39.1 Å². The number of benzene rings is 2. The number of fused-ring (bicyclic) bond motifs is 1. The molecule has 0 fully saturated rings. The number of hydrogen-bond donors (Lipinski definition) is 0. The number of hydrogen-bond acceptors (Lipinski definition) is 4. The van der Waals surface area contributed by atoms with Gasteiger partial charge in [0.05, 0.1) is 5.52 Å². The van der Waals surface area contributed by atoms with Gasteiger partial charge in [-0.2, -0.15) is 4.98 Å². The largest absolute Gasteiger partial charge is 0.378 e. The molecular formula is C17H17ClN4. The van der Waals surface area contributed by atoms with Crippen LogP contribution in [0.4, 0.5) is 17.2 Å². The van der Waals surface area contributed by atoms with Gasteiger partial charge in [0.15, 0.2) is 0 Å². The molecular weight excluding hydrogens is 296 g/mol. The third kappa shape index (κ3) is 2.70. The Kier molecular flexibility index (Phi) is 3.86.